The Morgan fingerprint density at radius 2 is 2.00 bits per heavy atom. The van der Waals surface area contributed by atoms with Gasteiger partial charge in [-0.3, -0.25) is 0 Å². The van der Waals surface area contributed by atoms with Gasteiger partial charge in [0, 0.05) is 0 Å². The summed E-state index contributed by atoms with van der Waals surface area (Å²) in [5, 5.41) is 0. The van der Waals surface area contributed by atoms with Crippen molar-refractivity contribution >= 4 is 32.0 Å². The van der Waals surface area contributed by atoms with E-state index in [4.69, 9.17) is 9.07 Å². The molecule has 0 heterocycles. The fourth-order valence-corrected chi connectivity index (χ4v) is 2.54. The monoisotopic (exact) mass is 164 g/mol. The minimum atomic E-state index is -0.487. The topological polar surface area (TPSA) is 0 Å². The molecule has 0 aromatic heterocycles. The van der Waals surface area contributed by atoms with Gasteiger partial charge in [-0.1, -0.05) is 29.3 Å². The molecule has 0 aliphatic heterocycles. The zero-order chi connectivity index (χ0) is 7.56. The van der Waals surface area contributed by atoms with Crippen molar-refractivity contribution in [1.29, 1.82) is 0 Å². The highest BCUT2D eigenvalue weighted by Gasteiger charge is 1.98. The lowest BCUT2D eigenvalue weighted by Crippen LogP contribution is -2.12. The third-order valence-electron chi connectivity index (χ3n) is 1.65. The molecule has 0 N–H and O–H groups in total. The van der Waals surface area contributed by atoms with Crippen molar-refractivity contribution in [2.45, 2.75) is 13.8 Å². The van der Waals surface area contributed by atoms with E-state index in [9.17, 15) is 0 Å². The van der Waals surface area contributed by atoms with Crippen LogP contribution in [0.5, 0.6) is 0 Å². The number of aryl methyl sites for hydroxylation is 2. The van der Waals surface area contributed by atoms with Gasteiger partial charge in [-0.25, -0.2) is 0 Å². The molecule has 50 valence electrons. The number of benzene rings is 1. The zero-order valence-electron chi connectivity index (χ0n) is 6.32. The van der Waals surface area contributed by atoms with Crippen molar-refractivity contribution in [1.82, 2.24) is 0 Å². The maximum Gasteiger partial charge on any atom is 0.538 e. The molecule has 0 unspecified atom stereocenters. The van der Waals surface area contributed by atoms with E-state index in [1.165, 1.54) is 14.8 Å². The van der Waals surface area contributed by atoms with E-state index in [2.05, 4.69) is 32.0 Å². The van der Waals surface area contributed by atoms with Gasteiger partial charge in [0.2, 0.25) is 0 Å². The molecule has 0 fully saturated rings. The molecule has 0 amide bonds. The van der Waals surface area contributed by atoms with Gasteiger partial charge in [0.15, 0.2) is 0 Å². The molecular formula is C8H9ClMg. The van der Waals surface area contributed by atoms with E-state index in [1.807, 2.05) is 0 Å². The quantitative estimate of drug-likeness (QED) is 0.556. The van der Waals surface area contributed by atoms with Gasteiger partial charge in [-0.15, -0.1) is 3.69 Å². The molecule has 0 radical (unpaired) electrons. The Kier molecular flexibility index (Phi) is 3.02. The van der Waals surface area contributed by atoms with E-state index < -0.39 is 19.3 Å². The number of halogens is 1. The SMILES string of the molecule is Cc1ccc(C)[c]([Mg][Cl])c1. The van der Waals surface area contributed by atoms with E-state index in [0.717, 1.165) is 0 Å². The van der Waals surface area contributed by atoms with Gasteiger partial charge in [0.05, 0.1) is 0 Å². The van der Waals surface area contributed by atoms with Crippen molar-refractivity contribution in [3.63, 3.8) is 0 Å². The predicted molar refractivity (Wildman–Crippen MR) is 47.2 cm³/mol. The maximum atomic E-state index is 5.84. The van der Waals surface area contributed by atoms with E-state index in [-0.39, 0.29) is 0 Å². The van der Waals surface area contributed by atoms with Gasteiger partial charge in [-0.05, 0) is 13.8 Å². The molecule has 0 nitrogen and oxygen atoms in total. The van der Waals surface area contributed by atoms with Crippen LogP contribution < -0.4 is 3.69 Å². The standard InChI is InChI=1S/C8H9.ClH.Mg/c1-7-3-5-8(2)6-4-7;;/h3-5H,1-2H3;1H;/q;;+1/p-1. The summed E-state index contributed by atoms with van der Waals surface area (Å²) in [7, 11) is 5.84. The van der Waals surface area contributed by atoms with Crippen LogP contribution in [-0.4, -0.2) is 19.3 Å². The summed E-state index contributed by atoms with van der Waals surface area (Å²) in [6.07, 6.45) is 0. The molecule has 0 aliphatic carbocycles. The molecular weight excluding hydrogens is 156 g/mol. The fraction of sp³-hybridized carbons (Fsp3) is 0.250. The molecule has 0 saturated heterocycles. The van der Waals surface area contributed by atoms with Crippen LogP contribution in [0.4, 0.5) is 0 Å². The summed E-state index contributed by atoms with van der Waals surface area (Å²) in [5.74, 6) is 0. The van der Waals surface area contributed by atoms with Gasteiger partial charge >= 0.3 is 19.3 Å². The summed E-state index contributed by atoms with van der Waals surface area (Å²) in [6.45, 7) is 4.22. The maximum absolute atomic E-state index is 5.84. The van der Waals surface area contributed by atoms with Crippen LogP contribution in [0.25, 0.3) is 0 Å². The van der Waals surface area contributed by atoms with Crippen LogP contribution in [0.15, 0.2) is 18.2 Å². The average Bonchev–Trinajstić information content (AvgIpc) is 1.94. The Balaban J connectivity index is 3.09. The molecule has 10 heavy (non-hydrogen) atoms. The lowest BCUT2D eigenvalue weighted by atomic mass is 10.2. The summed E-state index contributed by atoms with van der Waals surface area (Å²) >= 11 is -0.487. The number of hydrogen-bond acceptors (Lipinski definition) is 0. The Morgan fingerprint density at radius 1 is 1.30 bits per heavy atom. The first-order chi connectivity index (χ1) is 4.74. The molecule has 0 saturated carbocycles. The normalized spacial score (nSPS) is 9.10. The van der Waals surface area contributed by atoms with Crippen LogP contribution in [-0.2, 0) is 0 Å². The molecule has 1 aromatic carbocycles. The second-order valence-corrected chi connectivity index (χ2v) is 4.39. The van der Waals surface area contributed by atoms with Crippen LogP contribution >= 0.6 is 9.07 Å². The predicted octanol–water partition coefficient (Wildman–Crippen LogP) is 1.79. The molecule has 0 spiro atoms. The summed E-state index contributed by atoms with van der Waals surface area (Å²) < 4.78 is 1.38. The third-order valence-corrected chi connectivity index (χ3v) is 3.56. The molecule has 1 aromatic rings. The molecule has 1 rings (SSSR count). The van der Waals surface area contributed by atoms with Crippen molar-refractivity contribution in [3.8, 4) is 0 Å². The number of hydrogen-bond donors (Lipinski definition) is 0. The highest BCUT2D eigenvalue weighted by atomic mass is 35.5. The van der Waals surface area contributed by atoms with E-state index >= 15 is 0 Å². The Morgan fingerprint density at radius 3 is 2.50 bits per heavy atom. The Labute approximate surface area is 75.1 Å². The second-order valence-electron chi connectivity index (χ2n) is 2.56. The van der Waals surface area contributed by atoms with Crippen LogP contribution in [0, 0.1) is 13.8 Å². The van der Waals surface area contributed by atoms with Gasteiger partial charge in [-0.2, -0.15) is 0 Å². The van der Waals surface area contributed by atoms with Crippen molar-refractivity contribution in [2.75, 3.05) is 0 Å². The third kappa shape index (κ3) is 1.88. The summed E-state index contributed by atoms with van der Waals surface area (Å²) in [4.78, 5) is 0. The van der Waals surface area contributed by atoms with Crippen molar-refractivity contribution < 1.29 is 0 Å². The van der Waals surface area contributed by atoms with E-state index in [1.54, 1.807) is 0 Å². The first-order valence-electron chi connectivity index (χ1n) is 3.36. The van der Waals surface area contributed by atoms with E-state index in [0.29, 0.717) is 0 Å². The van der Waals surface area contributed by atoms with Gasteiger partial charge in [0.1, 0.15) is 0 Å². The average molecular weight is 165 g/mol. The van der Waals surface area contributed by atoms with Crippen LogP contribution in [0.2, 0.25) is 0 Å². The lowest BCUT2D eigenvalue weighted by molar-refractivity contribution is 1.43. The number of rotatable bonds is 1. The molecule has 0 aliphatic rings. The highest BCUT2D eigenvalue weighted by Crippen LogP contribution is 1.98. The Hall–Kier alpha value is 0.276. The molecule has 2 heteroatoms. The van der Waals surface area contributed by atoms with Gasteiger partial charge < -0.3 is 9.07 Å². The van der Waals surface area contributed by atoms with Gasteiger partial charge in [0.25, 0.3) is 0 Å². The minimum Gasteiger partial charge on any atom is -0.336 e. The largest absolute Gasteiger partial charge is 0.538 e. The van der Waals surface area contributed by atoms with Crippen molar-refractivity contribution in [3.05, 3.63) is 29.3 Å². The molecule has 0 bridgehead atoms. The van der Waals surface area contributed by atoms with Crippen LogP contribution in [0.1, 0.15) is 11.1 Å². The minimum absolute atomic E-state index is 0.487. The van der Waals surface area contributed by atoms with Crippen LogP contribution in [0.3, 0.4) is 0 Å². The second kappa shape index (κ2) is 3.60. The first kappa shape index (κ1) is 8.37. The first-order valence-corrected chi connectivity index (χ1v) is 6.20. The highest BCUT2D eigenvalue weighted by molar-refractivity contribution is 7.01. The smallest absolute Gasteiger partial charge is 0.336 e. The Bertz CT molecular complexity index is 233. The fourth-order valence-electron chi connectivity index (χ4n) is 0.944. The zero-order valence-corrected chi connectivity index (χ0v) is 8.49. The van der Waals surface area contributed by atoms with Crippen molar-refractivity contribution in [2.24, 2.45) is 0 Å². The summed E-state index contributed by atoms with van der Waals surface area (Å²) in [5.41, 5.74) is 2.65. The summed E-state index contributed by atoms with van der Waals surface area (Å²) in [6, 6.07) is 6.45. The lowest BCUT2D eigenvalue weighted by Gasteiger charge is -2.01. The molecule has 0 atom stereocenters.